The molecule has 2 aliphatic carbocycles. The summed E-state index contributed by atoms with van der Waals surface area (Å²) < 4.78 is 11.1. The van der Waals surface area contributed by atoms with Crippen molar-refractivity contribution in [3.05, 3.63) is 70.9 Å². The van der Waals surface area contributed by atoms with Gasteiger partial charge in [-0.2, -0.15) is 0 Å². The molecule has 7 N–H and O–H groups in total. The van der Waals surface area contributed by atoms with Crippen molar-refractivity contribution in [2.75, 3.05) is 28.4 Å². The van der Waals surface area contributed by atoms with E-state index in [1.165, 1.54) is 47.6 Å². The van der Waals surface area contributed by atoms with Crippen molar-refractivity contribution in [3.8, 4) is 5.75 Å². The standard InChI is InChI=1S/C30H39N7O2S/c1-18-9-10-20(13-25(18)37(32)17-22(31)26-16-33-28(36(26)3)19-7-6-8-19)29(38)34-23-14-21(30(2)11-12-30)15-24(35-40-5)27(23)39-4/h9-10,13-17,19,35H,6-8,11-12,31-32H2,1-5H3,(H,34,38)/p+1/b22-17-. The average molecular weight is 563 g/mol. The van der Waals surface area contributed by atoms with Crippen LogP contribution in [0.25, 0.3) is 5.70 Å². The van der Waals surface area contributed by atoms with Gasteiger partial charge in [0.05, 0.1) is 37.1 Å². The summed E-state index contributed by atoms with van der Waals surface area (Å²) in [6.07, 6.45) is 11.5. The molecule has 2 aliphatic rings. The van der Waals surface area contributed by atoms with Gasteiger partial charge in [-0.3, -0.25) is 9.80 Å². The molecule has 40 heavy (non-hydrogen) atoms. The van der Waals surface area contributed by atoms with Crippen LogP contribution in [-0.2, 0) is 12.5 Å². The molecule has 1 amide bonds. The number of H-pyrrole nitrogens is 1. The highest BCUT2D eigenvalue weighted by Gasteiger charge is 2.40. The third-order valence-electron chi connectivity index (χ3n) is 8.34. The third-order valence-corrected chi connectivity index (χ3v) is 8.77. The zero-order chi connectivity index (χ0) is 28.6. The van der Waals surface area contributed by atoms with Crippen molar-refractivity contribution >= 4 is 40.6 Å². The number of rotatable bonds is 10. The number of aryl methyl sites for hydroxylation is 1. The van der Waals surface area contributed by atoms with Crippen LogP contribution in [0.15, 0.2) is 42.7 Å². The topological polar surface area (TPSA) is 125 Å². The number of imidazole rings is 1. The van der Waals surface area contributed by atoms with E-state index in [0.717, 1.165) is 29.8 Å². The number of carbonyl (C=O) groups is 1. The zero-order valence-corrected chi connectivity index (χ0v) is 24.7. The highest BCUT2D eigenvalue weighted by molar-refractivity contribution is 7.99. The molecule has 1 heterocycles. The number of benzene rings is 2. The molecule has 3 aromatic rings. The van der Waals surface area contributed by atoms with Gasteiger partial charge in [-0.1, -0.05) is 31.4 Å². The Labute approximate surface area is 240 Å². The van der Waals surface area contributed by atoms with Gasteiger partial charge in [0.15, 0.2) is 11.4 Å². The molecule has 9 nitrogen and oxygen atoms in total. The van der Waals surface area contributed by atoms with E-state index in [-0.39, 0.29) is 11.3 Å². The molecule has 5 rings (SSSR count). The Morgan fingerprint density at radius 3 is 2.60 bits per heavy atom. The number of amides is 1. The fraction of sp³-hybridized carbons (Fsp3) is 0.400. The quantitative estimate of drug-likeness (QED) is 0.101. The lowest BCUT2D eigenvalue weighted by Gasteiger charge is -2.21. The Morgan fingerprint density at radius 1 is 1.25 bits per heavy atom. The maximum absolute atomic E-state index is 13.5. The number of hydrazine groups is 1. The number of nitrogens with one attached hydrogen (secondary N) is 3. The Balaban J connectivity index is 1.40. The Hall–Kier alpha value is -3.63. The molecule has 2 fully saturated rings. The van der Waals surface area contributed by atoms with E-state index < -0.39 is 0 Å². The van der Waals surface area contributed by atoms with Crippen LogP contribution in [0.5, 0.6) is 5.75 Å². The van der Waals surface area contributed by atoms with Crippen LogP contribution in [0.3, 0.4) is 0 Å². The number of hydrogen-bond donors (Lipinski definition) is 5. The largest absolute Gasteiger partial charge is 0.492 e. The monoisotopic (exact) mass is 562 g/mol. The first-order chi connectivity index (χ1) is 19.1. The minimum Gasteiger partial charge on any atom is -0.492 e. The first kappa shape index (κ1) is 27.9. The van der Waals surface area contributed by atoms with Crippen molar-refractivity contribution in [3.63, 3.8) is 0 Å². The number of aromatic nitrogens is 2. The lowest BCUT2D eigenvalue weighted by molar-refractivity contribution is -0.682. The molecule has 0 atom stereocenters. The molecular weight excluding hydrogens is 522 g/mol. The zero-order valence-electron chi connectivity index (χ0n) is 23.9. The minimum atomic E-state index is -0.250. The van der Waals surface area contributed by atoms with Gasteiger partial charge in [0, 0.05) is 18.0 Å². The first-order valence-electron chi connectivity index (χ1n) is 13.7. The molecule has 0 radical (unpaired) electrons. The number of aromatic amines is 1. The van der Waals surface area contributed by atoms with Crippen molar-refractivity contribution in [2.24, 2.45) is 18.6 Å². The van der Waals surface area contributed by atoms with E-state index >= 15 is 0 Å². The van der Waals surface area contributed by atoms with E-state index in [2.05, 4.69) is 32.6 Å². The van der Waals surface area contributed by atoms with E-state index in [0.29, 0.717) is 34.3 Å². The normalized spacial score (nSPS) is 16.3. The number of ether oxygens (including phenoxy) is 1. The summed E-state index contributed by atoms with van der Waals surface area (Å²) in [4.78, 5) is 16.9. The van der Waals surface area contributed by atoms with Gasteiger partial charge < -0.3 is 20.5 Å². The first-order valence-corrected chi connectivity index (χ1v) is 14.9. The number of hydrogen-bond acceptors (Lipinski definition) is 7. The predicted molar refractivity (Wildman–Crippen MR) is 163 cm³/mol. The second-order valence-corrected chi connectivity index (χ2v) is 11.8. The van der Waals surface area contributed by atoms with Gasteiger partial charge in [-0.15, -0.1) is 0 Å². The number of nitrogens with two attached hydrogens (primary N) is 2. The van der Waals surface area contributed by atoms with Crippen LogP contribution in [0.4, 0.5) is 17.1 Å². The summed E-state index contributed by atoms with van der Waals surface area (Å²) in [5.41, 5.74) is 12.7. The lowest BCUT2D eigenvalue weighted by Crippen LogP contribution is -2.39. The molecule has 1 aromatic heterocycles. The molecule has 212 valence electrons. The second-order valence-electron chi connectivity index (χ2n) is 11.2. The number of methoxy groups -OCH3 is 1. The minimum absolute atomic E-state index is 0.124. The Bertz CT molecular complexity index is 1460. The van der Waals surface area contributed by atoms with Crippen molar-refractivity contribution in [2.45, 2.75) is 57.3 Å². The van der Waals surface area contributed by atoms with Gasteiger partial charge in [0.2, 0.25) is 0 Å². The molecular formula is C30H40N7O2S+. The van der Waals surface area contributed by atoms with Crippen LogP contribution in [0.1, 0.15) is 77.9 Å². The lowest BCUT2D eigenvalue weighted by atomic mass is 9.85. The fourth-order valence-electron chi connectivity index (χ4n) is 5.28. The van der Waals surface area contributed by atoms with Crippen LogP contribution >= 0.6 is 11.9 Å². The van der Waals surface area contributed by atoms with Crippen LogP contribution in [0, 0.1) is 6.92 Å². The number of carbonyl (C=O) groups excluding carboxylic acids is 1. The molecule has 2 aromatic carbocycles. The van der Waals surface area contributed by atoms with Crippen molar-refractivity contribution < 1.29 is 14.1 Å². The highest BCUT2D eigenvalue weighted by atomic mass is 32.2. The highest BCUT2D eigenvalue weighted by Crippen LogP contribution is 2.51. The maximum atomic E-state index is 13.5. The van der Waals surface area contributed by atoms with Gasteiger partial charge in [0.25, 0.3) is 11.7 Å². The van der Waals surface area contributed by atoms with Crippen LogP contribution in [-0.4, -0.2) is 24.3 Å². The molecule has 0 unspecified atom stereocenters. The van der Waals surface area contributed by atoms with Gasteiger partial charge in [0.1, 0.15) is 11.9 Å². The maximum Gasteiger partial charge on any atom is 0.257 e. The van der Waals surface area contributed by atoms with Crippen LogP contribution in [0.2, 0.25) is 0 Å². The summed E-state index contributed by atoms with van der Waals surface area (Å²) in [7, 11) is 3.63. The van der Waals surface area contributed by atoms with Crippen molar-refractivity contribution in [1.29, 1.82) is 0 Å². The molecule has 0 aliphatic heterocycles. The van der Waals surface area contributed by atoms with Gasteiger partial charge in [-0.25, -0.2) is 15.4 Å². The van der Waals surface area contributed by atoms with E-state index in [9.17, 15) is 4.79 Å². The summed E-state index contributed by atoms with van der Waals surface area (Å²) in [5, 5.41) is 4.56. The molecule has 0 bridgehead atoms. The van der Waals surface area contributed by atoms with E-state index in [1.807, 2.05) is 38.6 Å². The van der Waals surface area contributed by atoms with Gasteiger partial charge >= 0.3 is 0 Å². The van der Waals surface area contributed by atoms with E-state index in [4.69, 9.17) is 16.3 Å². The molecule has 2 saturated carbocycles. The SMILES string of the molecule is COc1c(NSC)cc(C2(C)CC2)cc1NC(=O)c1ccc(C)c(N(N)/C=C(\N)c2c[nH]c(C3CCC3)[n+]2C)c1. The van der Waals surface area contributed by atoms with Crippen LogP contribution < -0.4 is 35.9 Å². The number of nitrogens with zero attached hydrogens (tertiary/aromatic N) is 2. The fourth-order valence-corrected chi connectivity index (χ4v) is 5.65. The number of anilines is 3. The second kappa shape index (κ2) is 11.1. The predicted octanol–water partition coefficient (Wildman–Crippen LogP) is 5.05. The van der Waals surface area contributed by atoms with Gasteiger partial charge in [-0.05, 0) is 73.4 Å². The molecule has 0 spiro atoms. The third kappa shape index (κ3) is 5.38. The Morgan fingerprint density at radius 2 is 1.98 bits per heavy atom. The Kier molecular flexibility index (Phi) is 7.74. The molecule has 0 saturated heterocycles. The van der Waals surface area contributed by atoms with Crippen molar-refractivity contribution in [1.82, 2.24) is 4.98 Å². The summed E-state index contributed by atoms with van der Waals surface area (Å²) in [6, 6.07) is 9.61. The average Bonchev–Trinajstić information content (AvgIpc) is 3.54. The molecule has 10 heteroatoms. The summed E-state index contributed by atoms with van der Waals surface area (Å²) in [5.74, 6) is 8.56. The smallest absolute Gasteiger partial charge is 0.257 e. The summed E-state index contributed by atoms with van der Waals surface area (Å²) in [6.45, 7) is 4.20. The summed E-state index contributed by atoms with van der Waals surface area (Å²) >= 11 is 1.48. The van der Waals surface area contributed by atoms with E-state index in [1.54, 1.807) is 25.4 Å².